The number of anilines is 1. The molecule has 0 unspecified atom stereocenters. The highest BCUT2D eigenvalue weighted by Crippen LogP contribution is 2.27. The Morgan fingerprint density at radius 2 is 1.81 bits per heavy atom. The van der Waals surface area contributed by atoms with E-state index in [9.17, 15) is 4.79 Å². The molecule has 0 spiro atoms. The van der Waals surface area contributed by atoms with E-state index in [1.807, 2.05) is 78.2 Å². The van der Waals surface area contributed by atoms with Crippen molar-refractivity contribution in [3.05, 3.63) is 84.1 Å². The van der Waals surface area contributed by atoms with Gasteiger partial charge in [-0.25, -0.2) is 0 Å². The SMILES string of the molecule is CCc1cccc(C)c1NC(=O)CSc1nnc(-c2ccccn2)n1-c1ccccc1. The lowest BCUT2D eigenvalue weighted by atomic mass is 10.1. The van der Waals surface area contributed by atoms with Crippen LogP contribution >= 0.6 is 11.8 Å². The van der Waals surface area contributed by atoms with Crippen LogP contribution in [-0.2, 0) is 11.2 Å². The molecule has 0 aliphatic rings. The molecular weight excluding hydrogens is 406 g/mol. The number of thioether (sulfide) groups is 1. The molecule has 7 heteroatoms. The van der Waals surface area contributed by atoms with Gasteiger partial charge in [0.25, 0.3) is 0 Å². The zero-order chi connectivity index (χ0) is 21.6. The second kappa shape index (κ2) is 9.57. The van der Waals surface area contributed by atoms with Crippen molar-refractivity contribution in [3.63, 3.8) is 0 Å². The van der Waals surface area contributed by atoms with Gasteiger partial charge in [-0.1, -0.05) is 61.2 Å². The fraction of sp³-hybridized carbons (Fsp3) is 0.167. The third-order valence-electron chi connectivity index (χ3n) is 4.88. The largest absolute Gasteiger partial charge is 0.325 e. The zero-order valence-corrected chi connectivity index (χ0v) is 18.3. The normalized spacial score (nSPS) is 10.8. The summed E-state index contributed by atoms with van der Waals surface area (Å²) in [4.78, 5) is 17.1. The van der Waals surface area contributed by atoms with Crippen molar-refractivity contribution in [2.45, 2.75) is 25.4 Å². The number of aromatic nitrogens is 4. The summed E-state index contributed by atoms with van der Waals surface area (Å²) >= 11 is 1.35. The Hall–Kier alpha value is -3.45. The fourth-order valence-electron chi connectivity index (χ4n) is 3.34. The molecule has 0 bridgehead atoms. The van der Waals surface area contributed by atoms with E-state index in [-0.39, 0.29) is 11.7 Å². The predicted octanol–water partition coefficient (Wildman–Crippen LogP) is 4.93. The molecule has 0 saturated heterocycles. The number of carbonyl (C=O) groups is 1. The minimum Gasteiger partial charge on any atom is -0.325 e. The summed E-state index contributed by atoms with van der Waals surface area (Å²) in [6, 6.07) is 21.6. The van der Waals surface area contributed by atoms with Gasteiger partial charge in [0, 0.05) is 17.6 Å². The molecule has 31 heavy (non-hydrogen) atoms. The van der Waals surface area contributed by atoms with Gasteiger partial charge in [0.1, 0.15) is 5.69 Å². The van der Waals surface area contributed by atoms with Crippen molar-refractivity contribution in [2.75, 3.05) is 11.1 Å². The molecule has 0 atom stereocenters. The maximum Gasteiger partial charge on any atom is 0.234 e. The second-order valence-electron chi connectivity index (χ2n) is 6.99. The standard InChI is InChI=1S/C24H23N5OS/c1-3-18-11-9-10-17(2)22(18)26-21(30)16-31-24-28-27-23(20-14-7-8-15-25-20)29(24)19-12-5-4-6-13-19/h4-15H,3,16H2,1-2H3,(H,26,30). The summed E-state index contributed by atoms with van der Waals surface area (Å²) in [6.07, 6.45) is 2.59. The first-order valence-electron chi connectivity index (χ1n) is 10.1. The van der Waals surface area contributed by atoms with Gasteiger partial charge in [-0.3, -0.25) is 14.3 Å². The van der Waals surface area contributed by atoms with Crippen LogP contribution in [0, 0.1) is 6.92 Å². The topological polar surface area (TPSA) is 72.7 Å². The van der Waals surface area contributed by atoms with Gasteiger partial charge in [-0.2, -0.15) is 0 Å². The van der Waals surface area contributed by atoms with Crippen LogP contribution in [-0.4, -0.2) is 31.4 Å². The molecule has 1 amide bonds. The molecule has 0 saturated carbocycles. The highest BCUT2D eigenvalue weighted by molar-refractivity contribution is 7.99. The number of pyridine rings is 1. The third kappa shape index (κ3) is 4.67. The molecule has 4 rings (SSSR count). The lowest BCUT2D eigenvalue weighted by Gasteiger charge is -2.13. The van der Waals surface area contributed by atoms with E-state index in [0.29, 0.717) is 11.0 Å². The first-order chi connectivity index (χ1) is 15.2. The van der Waals surface area contributed by atoms with Gasteiger partial charge < -0.3 is 5.32 Å². The van der Waals surface area contributed by atoms with Crippen molar-refractivity contribution in [2.24, 2.45) is 0 Å². The van der Waals surface area contributed by atoms with E-state index in [4.69, 9.17) is 0 Å². The molecule has 2 aromatic heterocycles. The fourth-order valence-corrected chi connectivity index (χ4v) is 4.09. The number of nitrogens with one attached hydrogen (secondary N) is 1. The number of hydrogen-bond acceptors (Lipinski definition) is 5. The average Bonchev–Trinajstić information content (AvgIpc) is 3.24. The summed E-state index contributed by atoms with van der Waals surface area (Å²) in [5.41, 5.74) is 4.73. The van der Waals surface area contributed by atoms with Crippen molar-refractivity contribution >= 4 is 23.4 Å². The van der Waals surface area contributed by atoms with E-state index >= 15 is 0 Å². The smallest absolute Gasteiger partial charge is 0.234 e. The Balaban J connectivity index is 1.58. The van der Waals surface area contributed by atoms with Crippen LogP contribution in [0.15, 0.2) is 78.1 Å². The van der Waals surface area contributed by atoms with E-state index in [2.05, 4.69) is 27.4 Å². The molecule has 0 aliphatic carbocycles. The summed E-state index contributed by atoms with van der Waals surface area (Å²) in [5.74, 6) is 0.794. The monoisotopic (exact) mass is 429 g/mol. The highest BCUT2D eigenvalue weighted by atomic mass is 32.2. The van der Waals surface area contributed by atoms with Crippen LogP contribution in [0.4, 0.5) is 5.69 Å². The molecule has 2 heterocycles. The van der Waals surface area contributed by atoms with Crippen LogP contribution in [0.3, 0.4) is 0 Å². The molecule has 4 aromatic rings. The van der Waals surface area contributed by atoms with Gasteiger partial charge in [0.05, 0.1) is 5.75 Å². The van der Waals surface area contributed by atoms with E-state index in [0.717, 1.165) is 34.6 Å². The molecule has 6 nitrogen and oxygen atoms in total. The molecule has 0 aliphatic heterocycles. The van der Waals surface area contributed by atoms with Crippen LogP contribution in [0.2, 0.25) is 0 Å². The van der Waals surface area contributed by atoms with Gasteiger partial charge >= 0.3 is 0 Å². The predicted molar refractivity (Wildman–Crippen MR) is 125 cm³/mol. The van der Waals surface area contributed by atoms with Gasteiger partial charge in [0.2, 0.25) is 5.91 Å². The Kier molecular flexibility index (Phi) is 6.43. The molecule has 1 N–H and O–H groups in total. The van der Waals surface area contributed by atoms with E-state index < -0.39 is 0 Å². The Bertz CT molecular complexity index is 1180. The lowest BCUT2D eigenvalue weighted by molar-refractivity contribution is -0.113. The number of rotatable bonds is 7. The first-order valence-corrected chi connectivity index (χ1v) is 11.1. The minimum absolute atomic E-state index is 0.0732. The Labute approximate surface area is 185 Å². The van der Waals surface area contributed by atoms with Crippen molar-refractivity contribution < 1.29 is 4.79 Å². The first kappa shape index (κ1) is 20.8. The maximum absolute atomic E-state index is 12.7. The number of carbonyl (C=O) groups excluding carboxylic acids is 1. The molecular formula is C24H23N5OS. The van der Waals surface area contributed by atoms with Crippen LogP contribution in [0.1, 0.15) is 18.1 Å². The molecule has 2 aromatic carbocycles. The van der Waals surface area contributed by atoms with E-state index in [1.165, 1.54) is 11.8 Å². The number of nitrogens with zero attached hydrogens (tertiary/aromatic N) is 4. The summed E-state index contributed by atoms with van der Waals surface area (Å²) < 4.78 is 1.94. The van der Waals surface area contributed by atoms with Crippen molar-refractivity contribution in [1.82, 2.24) is 19.7 Å². The van der Waals surface area contributed by atoms with Crippen molar-refractivity contribution in [3.8, 4) is 17.2 Å². The maximum atomic E-state index is 12.7. The lowest BCUT2D eigenvalue weighted by Crippen LogP contribution is -2.16. The van der Waals surface area contributed by atoms with Crippen LogP contribution < -0.4 is 5.32 Å². The molecule has 156 valence electrons. The molecule has 0 radical (unpaired) electrons. The number of hydrogen-bond donors (Lipinski definition) is 1. The van der Waals surface area contributed by atoms with Gasteiger partial charge in [-0.05, 0) is 48.7 Å². The quantitative estimate of drug-likeness (QED) is 0.422. The zero-order valence-electron chi connectivity index (χ0n) is 17.4. The van der Waals surface area contributed by atoms with E-state index in [1.54, 1.807) is 6.20 Å². The molecule has 0 fully saturated rings. The highest BCUT2D eigenvalue weighted by Gasteiger charge is 2.18. The van der Waals surface area contributed by atoms with Gasteiger partial charge in [-0.15, -0.1) is 10.2 Å². The number of amides is 1. The van der Waals surface area contributed by atoms with Crippen LogP contribution in [0.25, 0.3) is 17.2 Å². The Morgan fingerprint density at radius 1 is 1.00 bits per heavy atom. The number of aryl methyl sites for hydroxylation is 2. The minimum atomic E-state index is -0.0732. The summed E-state index contributed by atoms with van der Waals surface area (Å²) in [6.45, 7) is 4.09. The average molecular weight is 430 g/mol. The summed E-state index contributed by atoms with van der Waals surface area (Å²) in [7, 11) is 0. The second-order valence-corrected chi connectivity index (χ2v) is 7.93. The van der Waals surface area contributed by atoms with Crippen molar-refractivity contribution in [1.29, 1.82) is 0 Å². The number of para-hydroxylation sites is 2. The van der Waals surface area contributed by atoms with Gasteiger partial charge in [0.15, 0.2) is 11.0 Å². The van der Waals surface area contributed by atoms with Crippen LogP contribution in [0.5, 0.6) is 0 Å². The summed E-state index contributed by atoms with van der Waals surface area (Å²) in [5, 5.41) is 12.4. The number of benzene rings is 2. The third-order valence-corrected chi connectivity index (χ3v) is 5.81. The Morgan fingerprint density at radius 3 is 2.55 bits per heavy atom.